The van der Waals surface area contributed by atoms with Gasteiger partial charge in [0.1, 0.15) is 18.5 Å². The number of hydrogen-bond acceptors (Lipinski definition) is 6. The summed E-state index contributed by atoms with van der Waals surface area (Å²) in [6.45, 7) is 19.0. The van der Waals surface area contributed by atoms with Gasteiger partial charge in [0.2, 0.25) is 0 Å². The highest BCUT2D eigenvalue weighted by Gasteiger charge is 2.27. The maximum Gasteiger partial charge on any atom is 0.290 e. The molecule has 1 heterocycles. The van der Waals surface area contributed by atoms with Crippen LogP contribution >= 0.6 is 11.6 Å². The van der Waals surface area contributed by atoms with Crippen molar-refractivity contribution in [2.45, 2.75) is 86.9 Å². The van der Waals surface area contributed by atoms with Gasteiger partial charge in [-0.1, -0.05) is 37.6 Å². The van der Waals surface area contributed by atoms with E-state index in [0.717, 1.165) is 64.3 Å². The molecule has 0 saturated heterocycles. The Morgan fingerprint density at radius 3 is 2.23 bits per heavy atom. The van der Waals surface area contributed by atoms with Crippen molar-refractivity contribution in [3.8, 4) is 40.0 Å². The molecule has 240 valence electrons. The maximum atomic E-state index is 8.36. The van der Waals surface area contributed by atoms with E-state index in [0.29, 0.717) is 5.02 Å². The second-order valence-electron chi connectivity index (χ2n) is 11.0. The SMILES string of the molecule is CC.Cc1cc(Cl)cc(-c2c(C)c(-c3ccc4c(c3)CCCO4)c(C(C)OC(C)(C)C)c(C)c2N)c1.O=CO.OC#CCO. The van der Waals surface area contributed by atoms with Crippen molar-refractivity contribution < 1.29 is 29.6 Å². The number of fused-ring (bicyclic) bond motifs is 1. The Morgan fingerprint density at radius 1 is 1.07 bits per heavy atom. The van der Waals surface area contributed by atoms with E-state index < -0.39 is 0 Å². The van der Waals surface area contributed by atoms with E-state index in [4.69, 9.17) is 46.9 Å². The molecule has 1 aliphatic rings. The highest BCUT2D eigenvalue weighted by molar-refractivity contribution is 6.31. The normalized spacial score (nSPS) is 12.2. The van der Waals surface area contributed by atoms with Crippen LogP contribution in [-0.2, 0) is 16.0 Å². The fourth-order valence-corrected chi connectivity index (χ4v) is 5.61. The zero-order valence-corrected chi connectivity index (χ0v) is 28.2. The Morgan fingerprint density at radius 2 is 1.70 bits per heavy atom. The van der Waals surface area contributed by atoms with Gasteiger partial charge in [-0.25, -0.2) is 0 Å². The molecular weight excluding hydrogens is 578 g/mol. The molecule has 44 heavy (non-hydrogen) atoms. The van der Waals surface area contributed by atoms with Gasteiger partial charge in [-0.05, 0) is 136 Å². The number of carboxylic acid groups (broad SMARTS) is 1. The smallest absolute Gasteiger partial charge is 0.290 e. The second kappa shape index (κ2) is 18.2. The van der Waals surface area contributed by atoms with Gasteiger partial charge in [0.25, 0.3) is 6.47 Å². The van der Waals surface area contributed by atoms with Gasteiger partial charge >= 0.3 is 0 Å². The average Bonchev–Trinajstić information content (AvgIpc) is 2.95. The molecule has 1 atom stereocenters. The van der Waals surface area contributed by atoms with Gasteiger partial charge in [0, 0.05) is 16.3 Å². The van der Waals surface area contributed by atoms with Gasteiger partial charge < -0.3 is 30.5 Å². The number of ether oxygens (including phenoxy) is 2. The number of aliphatic hydroxyl groups is 2. The van der Waals surface area contributed by atoms with E-state index in [2.05, 4.69) is 72.7 Å². The number of aryl methyl sites for hydroxylation is 2. The number of halogens is 1. The van der Waals surface area contributed by atoms with E-state index in [-0.39, 0.29) is 24.8 Å². The van der Waals surface area contributed by atoms with E-state index in [1.165, 1.54) is 22.8 Å². The van der Waals surface area contributed by atoms with E-state index in [9.17, 15) is 0 Å². The summed E-state index contributed by atoms with van der Waals surface area (Å²) in [5, 5.41) is 22.9. The first kappa shape index (κ1) is 38.3. The second-order valence-corrected chi connectivity index (χ2v) is 11.5. The summed E-state index contributed by atoms with van der Waals surface area (Å²) in [4.78, 5) is 8.36. The Balaban J connectivity index is 0.000000853. The molecule has 0 aromatic heterocycles. The molecule has 0 spiro atoms. The van der Waals surface area contributed by atoms with Crippen molar-refractivity contribution in [3.63, 3.8) is 0 Å². The molecule has 1 unspecified atom stereocenters. The molecule has 0 radical (unpaired) electrons. The molecule has 0 bridgehead atoms. The number of nitrogens with two attached hydrogens (primary N) is 1. The lowest BCUT2D eigenvalue weighted by atomic mass is 9.82. The van der Waals surface area contributed by atoms with Gasteiger partial charge in [0.15, 0.2) is 0 Å². The van der Waals surface area contributed by atoms with Gasteiger partial charge in [-0.3, -0.25) is 4.79 Å². The monoisotopic (exact) mass is 625 g/mol. The summed E-state index contributed by atoms with van der Waals surface area (Å²) in [6.07, 6.45) is 3.46. The average molecular weight is 626 g/mol. The van der Waals surface area contributed by atoms with Crippen LogP contribution in [0.5, 0.6) is 5.75 Å². The molecule has 0 fully saturated rings. The van der Waals surface area contributed by atoms with Crippen molar-refractivity contribution >= 4 is 23.8 Å². The Kier molecular flexibility index (Phi) is 15.8. The third-order valence-corrected chi connectivity index (χ3v) is 6.94. The van der Waals surface area contributed by atoms with E-state index in [1.54, 1.807) is 0 Å². The predicted octanol–water partition coefficient (Wildman–Crippen LogP) is 8.42. The lowest BCUT2D eigenvalue weighted by Crippen LogP contribution is -2.22. The molecule has 5 N–H and O–H groups in total. The molecule has 3 aromatic rings. The zero-order chi connectivity index (χ0) is 33.6. The Labute approximate surface area is 268 Å². The van der Waals surface area contributed by atoms with Crippen LogP contribution in [-0.4, -0.2) is 40.6 Å². The van der Waals surface area contributed by atoms with E-state index >= 15 is 0 Å². The van der Waals surface area contributed by atoms with Crippen molar-refractivity contribution in [3.05, 3.63) is 69.2 Å². The molecule has 0 saturated carbocycles. The van der Waals surface area contributed by atoms with Gasteiger partial charge in [-0.15, -0.1) is 0 Å². The van der Waals surface area contributed by atoms with Crippen LogP contribution < -0.4 is 10.5 Å². The third-order valence-electron chi connectivity index (χ3n) is 6.72. The molecule has 3 aromatic carbocycles. The number of aliphatic hydroxyl groups excluding tert-OH is 2. The molecular formula is C36H48ClNO6. The van der Waals surface area contributed by atoms with Gasteiger partial charge in [0.05, 0.1) is 18.3 Å². The standard InChI is InChI=1S/C30H36ClNO2.C3H4O2.C2H6.CH2O2/c1-17-13-23(16-24(31)14-17)28-18(2)27(22-10-11-25-21(15-22)9-8-12-33-25)26(19(3)29(28)32)20(4)34-30(5,6)7;4-2-1-3-5;1-2;2-1-3/h10-11,13-16,20H,8-9,12,32H2,1-7H3;4-5H,2H2;1-2H3;1H,(H,2,3). The molecule has 0 amide bonds. The largest absolute Gasteiger partial charge is 0.493 e. The van der Waals surface area contributed by atoms with Crippen molar-refractivity contribution in [1.82, 2.24) is 0 Å². The summed E-state index contributed by atoms with van der Waals surface area (Å²) in [6, 6.07) is 12.7. The number of nitrogen functional groups attached to an aromatic ring is 1. The lowest BCUT2D eigenvalue weighted by Gasteiger charge is -2.31. The predicted molar refractivity (Wildman–Crippen MR) is 181 cm³/mol. The zero-order valence-electron chi connectivity index (χ0n) is 27.5. The molecule has 1 aliphatic heterocycles. The van der Waals surface area contributed by atoms with Crippen molar-refractivity contribution in [2.24, 2.45) is 0 Å². The maximum absolute atomic E-state index is 8.36. The Hall–Kier alpha value is -3.70. The lowest BCUT2D eigenvalue weighted by molar-refractivity contribution is -0.122. The summed E-state index contributed by atoms with van der Waals surface area (Å²) in [7, 11) is 0. The highest BCUT2D eigenvalue weighted by atomic mass is 35.5. The summed E-state index contributed by atoms with van der Waals surface area (Å²) in [5.74, 6) is 2.96. The number of anilines is 1. The minimum absolute atomic E-state index is 0.126. The minimum Gasteiger partial charge on any atom is -0.493 e. The molecule has 8 heteroatoms. The number of benzene rings is 3. The van der Waals surface area contributed by atoms with Crippen LogP contribution in [0.25, 0.3) is 22.3 Å². The molecule has 4 rings (SSSR count). The highest BCUT2D eigenvalue weighted by Crippen LogP contribution is 2.46. The quantitative estimate of drug-likeness (QED) is 0.130. The van der Waals surface area contributed by atoms with Gasteiger partial charge in [-0.2, -0.15) is 0 Å². The number of hydrogen-bond donors (Lipinski definition) is 4. The molecule has 0 aliphatic carbocycles. The molecule has 7 nitrogen and oxygen atoms in total. The Bertz CT molecular complexity index is 1430. The first-order valence-electron chi connectivity index (χ1n) is 14.7. The first-order valence-corrected chi connectivity index (χ1v) is 15.1. The van der Waals surface area contributed by atoms with Crippen LogP contribution in [0.15, 0.2) is 36.4 Å². The van der Waals surface area contributed by atoms with Crippen LogP contribution in [0.3, 0.4) is 0 Å². The van der Waals surface area contributed by atoms with Crippen molar-refractivity contribution in [1.29, 1.82) is 0 Å². The number of rotatable bonds is 4. The summed E-state index contributed by atoms with van der Waals surface area (Å²) >= 11 is 6.46. The summed E-state index contributed by atoms with van der Waals surface area (Å²) < 4.78 is 12.4. The third kappa shape index (κ3) is 10.5. The minimum atomic E-state index is -0.280. The first-order chi connectivity index (χ1) is 20.8. The van der Waals surface area contributed by atoms with Crippen LogP contribution in [0.2, 0.25) is 5.02 Å². The number of carbonyl (C=O) groups is 1. The topological polar surface area (TPSA) is 122 Å². The van der Waals surface area contributed by atoms with Crippen LogP contribution in [0.1, 0.15) is 81.9 Å². The summed E-state index contributed by atoms with van der Waals surface area (Å²) in [5.41, 5.74) is 17.5. The van der Waals surface area contributed by atoms with Crippen LogP contribution in [0.4, 0.5) is 5.69 Å². The fraction of sp³-hybridized carbons (Fsp3) is 0.417. The van der Waals surface area contributed by atoms with Crippen LogP contribution in [0, 0.1) is 32.8 Å². The fourth-order valence-electron chi connectivity index (χ4n) is 5.32. The van der Waals surface area contributed by atoms with Crippen molar-refractivity contribution in [2.75, 3.05) is 18.9 Å². The van der Waals surface area contributed by atoms with E-state index in [1.807, 2.05) is 31.9 Å².